The van der Waals surface area contributed by atoms with E-state index in [2.05, 4.69) is 45.1 Å². The fourth-order valence-electron chi connectivity index (χ4n) is 5.53. The molecule has 0 rings (SSSR count). The first-order valence-electron chi connectivity index (χ1n) is 20.3. The second kappa shape index (κ2) is 37.7. The number of carbonyl (C=O) groups is 3. The molecule has 0 saturated carbocycles. The van der Waals surface area contributed by atoms with Crippen LogP contribution < -0.4 is 0 Å². The Balaban J connectivity index is 4.28. The van der Waals surface area contributed by atoms with Gasteiger partial charge in [-0.2, -0.15) is 0 Å². The Kier molecular flexibility index (Phi) is 36.0. The molecule has 0 amide bonds. The lowest BCUT2D eigenvalue weighted by atomic mass is 10.1. The summed E-state index contributed by atoms with van der Waals surface area (Å²) >= 11 is 0. The van der Waals surface area contributed by atoms with Crippen molar-refractivity contribution < 1.29 is 28.6 Å². The summed E-state index contributed by atoms with van der Waals surface area (Å²) in [7, 11) is 0. The average Bonchev–Trinajstić information content (AvgIpc) is 3.08. The zero-order chi connectivity index (χ0) is 35.2. The van der Waals surface area contributed by atoms with Crippen LogP contribution in [0.15, 0.2) is 24.3 Å². The van der Waals surface area contributed by atoms with Crippen molar-refractivity contribution in [3.8, 4) is 0 Å². The summed E-state index contributed by atoms with van der Waals surface area (Å²) in [6.07, 6.45) is 39.0. The minimum atomic E-state index is -0.769. The Hall–Kier alpha value is -2.11. The number of allylic oxidation sites excluding steroid dienone is 4. The first-order valence-corrected chi connectivity index (χ1v) is 20.3. The number of ether oxygens (including phenoxy) is 3. The minimum absolute atomic E-state index is 0.0775. The smallest absolute Gasteiger partial charge is 0.306 e. The van der Waals surface area contributed by atoms with Crippen LogP contribution in [0.2, 0.25) is 0 Å². The van der Waals surface area contributed by atoms with E-state index in [9.17, 15) is 14.4 Å². The number of unbranched alkanes of at least 4 members (excludes halogenated alkanes) is 21. The van der Waals surface area contributed by atoms with E-state index < -0.39 is 6.10 Å². The van der Waals surface area contributed by atoms with Crippen molar-refractivity contribution in [3.05, 3.63) is 24.3 Å². The molecule has 0 bridgehead atoms. The van der Waals surface area contributed by atoms with Crippen LogP contribution in [0.5, 0.6) is 0 Å². The SMILES string of the molecule is CCCC/C=C\CCCCCCCC(=O)OC(COC(=O)CCCCCCC)COC(=O)CCCCCCC/C=C\CCCCCCC. The van der Waals surface area contributed by atoms with Crippen molar-refractivity contribution in [3.63, 3.8) is 0 Å². The summed E-state index contributed by atoms with van der Waals surface area (Å²) in [6.45, 7) is 6.47. The van der Waals surface area contributed by atoms with Gasteiger partial charge in [0.2, 0.25) is 0 Å². The van der Waals surface area contributed by atoms with Crippen molar-refractivity contribution in [1.29, 1.82) is 0 Å². The molecule has 48 heavy (non-hydrogen) atoms. The molecule has 280 valence electrons. The van der Waals surface area contributed by atoms with Crippen LogP contribution in [0.4, 0.5) is 0 Å². The third kappa shape index (κ3) is 35.2. The van der Waals surface area contributed by atoms with Crippen molar-refractivity contribution in [2.24, 2.45) is 0 Å². The molecule has 0 aliphatic rings. The van der Waals surface area contributed by atoms with E-state index >= 15 is 0 Å². The second-order valence-corrected chi connectivity index (χ2v) is 13.5. The molecule has 1 unspecified atom stereocenters. The van der Waals surface area contributed by atoms with Gasteiger partial charge in [0, 0.05) is 19.3 Å². The van der Waals surface area contributed by atoms with Crippen molar-refractivity contribution in [1.82, 2.24) is 0 Å². The highest BCUT2D eigenvalue weighted by atomic mass is 16.6. The third-order valence-electron chi connectivity index (χ3n) is 8.68. The van der Waals surface area contributed by atoms with Crippen molar-refractivity contribution in [2.45, 2.75) is 213 Å². The van der Waals surface area contributed by atoms with E-state index in [0.717, 1.165) is 83.5 Å². The predicted molar refractivity (Wildman–Crippen MR) is 201 cm³/mol. The Bertz CT molecular complexity index is 789. The first kappa shape index (κ1) is 45.9. The predicted octanol–water partition coefficient (Wildman–Crippen LogP) is 12.5. The van der Waals surface area contributed by atoms with Gasteiger partial charge >= 0.3 is 17.9 Å². The van der Waals surface area contributed by atoms with Gasteiger partial charge in [-0.05, 0) is 64.2 Å². The molecule has 6 nitrogen and oxygen atoms in total. The van der Waals surface area contributed by atoms with Crippen LogP contribution in [-0.4, -0.2) is 37.2 Å². The summed E-state index contributed by atoms with van der Waals surface area (Å²) in [5.74, 6) is -0.912. The topological polar surface area (TPSA) is 78.9 Å². The highest BCUT2D eigenvalue weighted by molar-refractivity contribution is 5.71. The number of carbonyl (C=O) groups excluding carboxylic acids is 3. The summed E-state index contributed by atoms with van der Waals surface area (Å²) in [5, 5.41) is 0. The van der Waals surface area contributed by atoms with Gasteiger partial charge in [0.25, 0.3) is 0 Å². The maximum atomic E-state index is 12.6. The summed E-state index contributed by atoms with van der Waals surface area (Å²) in [5.41, 5.74) is 0. The van der Waals surface area contributed by atoms with E-state index in [1.807, 2.05) is 0 Å². The summed E-state index contributed by atoms with van der Waals surface area (Å²) in [4.78, 5) is 37.3. The molecule has 0 aliphatic heterocycles. The van der Waals surface area contributed by atoms with Gasteiger partial charge in [0.1, 0.15) is 13.2 Å². The lowest BCUT2D eigenvalue weighted by Crippen LogP contribution is -2.30. The van der Waals surface area contributed by atoms with Gasteiger partial charge in [0.05, 0.1) is 0 Å². The maximum Gasteiger partial charge on any atom is 0.306 e. The van der Waals surface area contributed by atoms with Crippen LogP contribution in [-0.2, 0) is 28.6 Å². The molecule has 0 saturated heterocycles. The maximum absolute atomic E-state index is 12.6. The highest BCUT2D eigenvalue weighted by Gasteiger charge is 2.19. The van der Waals surface area contributed by atoms with Crippen molar-refractivity contribution in [2.75, 3.05) is 13.2 Å². The molecule has 0 radical (unpaired) electrons. The molecule has 6 heteroatoms. The fourth-order valence-corrected chi connectivity index (χ4v) is 5.53. The highest BCUT2D eigenvalue weighted by Crippen LogP contribution is 2.13. The summed E-state index contributed by atoms with van der Waals surface area (Å²) < 4.78 is 16.5. The zero-order valence-electron chi connectivity index (χ0n) is 31.8. The van der Waals surface area contributed by atoms with E-state index in [0.29, 0.717) is 19.3 Å². The van der Waals surface area contributed by atoms with E-state index in [1.54, 1.807) is 0 Å². The zero-order valence-corrected chi connectivity index (χ0v) is 31.8. The standard InChI is InChI=1S/C42H76O6/c1-4-7-10-13-15-17-19-20-21-23-24-26-29-32-35-41(44)47-38-39(37-46-40(43)34-31-28-12-9-6-3)48-42(45)36-33-30-27-25-22-18-16-14-11-8-5-2/h14,16,19-20,39H,4-13,15,17-18,21-38H2,1-3H3/b16-14-,20-19-. The van der Waals surface area contributed by atoms with E-state index in [1.165, 1.54) is 83.5 Å². The van der Waals surface area contributed by atoms with E-state index in [-0.39, 0.29) is 31.1 Å². The van der Waals surface area contributed by atoms with Gasteiger partial charge in [0.15, 0.2) is 6.10 Å². The number of hydrogen-bond donors (Lipinski definition) is 0. The molecule has 0 aromatic rings. The molecule has 0 aromatic heterocycles. The molecule has 0 fully saturated rings. The molecule has 0 aromatic carbocycles. The molecule has 0 N–H and O–H groups in total. The van der Waals surface area contributed by atoms with Crippen LogP contribution in [0, 0.1) is 0 Å². The van der Waals surface area contributed by atoms with Crippen LogP contribution in [0.1, 0.15) is 207 Å². The number of rotatable bonds is 36. The average molecular weight is 677 g/mol. The molecule has 0 heterocycles. The Labute approximate surface area is 296 Å². The van der Waals surface area contributed by atoms with E-state index in [4.69, 9.17) is 14.2 Å². The van der Waals surface area contributed by atoms with Crippen LogP contribution in [0.25, 0.3) is 0 Å². The third-order valence-corrected chi connectivity index (χ3v) is 8.68. The van der Waals surface area contributed by atoms with Gasteiger partial charge in [-0.15, -0.1) is 0 Å². The van der Waals surface area contributed by atoms with Gasteiger partial charge in [-0.3, -0.25) is 14.4 Å². The first-order chi connectivity index (χ1) is 23.5. The monoisotopic (exact) mass is 677 g/mol. The Morgan fingerprint density at radius 3 is 1.10 bits per heavy atom. The van der Waals surface area contributed by atoms with Gasteiger partial charge in [-0.25, -0.2) is 0 Å². The lowest BCUT2D eigenvalue weighted by molar-refractivity contribution is -0.167. The molecular weight excluding hydrogens is 600 g/mol. The quantitative estimate of drug-likeness (QED) is 0.0284. The fraction of sp³-hybridized carbons (Fsp3) is 0.833. The largest absolute Gasteiger partial charge is 0.462 e. The molecular formula is C42H76O6. The normalized spacial score (nSPS) is 12.1. The van der Waals surface area contributed by atoms with Crippen LogP contribution in [0.3, 0.4) is 0 Å². The van der Waals surface area contributed by atoms with Gasteiger partial charge in [-0.1, -0.05) is 148 Å². The van der Waals surface area contributed by atoms with Gasteiger partial charge < -0.3 is 14.2 Å². The minimum Gasteiger partial charge on any atom is -0.462 e. The molecule has 1 atom stereocenters. The van der Waals surface area contributed by atoms with Crippen molar-refractivity contribution >= 4 is 17.9 Å². The Morgan fingerprint density at radius 1 is 0.396 bits per heavy atom. The molecule has 0 aliphatic carbocycles. The lowest BCUT2D eigenvalue weighted by Gasteiger charge is -2.18. The van der Waals surface area contributed by atoms with Crippen LogP contribution >= 0.6 is 0 Å². The second-order valence-electron chi connectivity index (χ2n) is 13.5. The Morgan fingerprint density at radius 2 is 0.708 bits per heavy atom. The summed E-state index contributed by atoms with van der Waals surface area (Å²) in [6, 6.07) is 0. The number of hydrogen-bond acceptors (Lipinski definition) is 6. The number of esters is 3. The molecule has 0 spiro atoms.